The van der Waals surface area contributed by atoms with Crippen LogP contribution in [-0.2, 0) is 11.1 Å². The second kappa shape index (κ2) is 10.0. The van der Waals surface area contributed by atoms with Crippen molar-refractivity contribution in [3.05, 3.63) is 69.8 Å². The number of rotatable bonds is 7. The summed E-state index contributed by atoms with van der Waals surface area (Å²) in [5, 5.41) is 2.95. The van der Waals surface area contributed by atoms with Gasteiger partial charge in [0.1, 0.15) is 11.6 Å². The molecule has 0 aliphatic carbocycles. The number of aromatic amines is 1. The van der Waals surface area contributed by atoms with Gasteiger partial charge in [-0.1, -0.05) is 32.8 Å². The van der Waals surface area contributed by atoms with Gasteiger partial charge in [0, 0.05) is 17.8 Å². The molecule has 3 rings (SSSR count). The van der Waals surface area contributed by atoms with Crippen LogP contribution < -0.4 is 15.8 Å². The maximum absolute atomic E-state index is 12.7. The van der Waals surface area contributed by atoms with Gasteiger partial charge in [-0.15, -0.1) is 6.42 Å². The van der Waals surface area contributed by atoms with E-state index >= 15 is 0 Å². The van der Waals surface area contributed by atoms with Crippen LogP contribution in [-0.4, -0.2) is 38.0 Å². The largest absolute Gasteiger partial charge is 0.356 e. The van der Waals surface area contributed by atoms with Gasteiger partial charge in [0.05, 0.1) is 17.4 Å². The second-order valence-electron chi connectivity index (χ2n) is 9.44. The maximum atomic E-state index is 12.7. The Balaban J connectivity index is 1.82. The lowest BCUT2D eigenvalue weighted by atomic mass is 9.96. The zero-order valence-corrected chi connectivity index (χ0v) is 21.0. The van der Waals surface area contributed by atoms with E-state index in [0.717, 1.165) is 11.3 Å². The molecule has 2 aromatic carbocycles. The van der Waals surface area contributed by atoms with Crippen LogP contribution in [0.4, 0.5) is 5.69 Å². The number of carbonyl (C=O) groups excluding carboxylic acids is 1. The predicted molar refractivity (Wildman–Crippen MR) is 136 cm³/mol. The molecule has 0 aliphatic rings. The van der Waals surface area contributed by atoms with E-state index in [-0.39, 0.29) is 17.7 Å². The fourth-order valence-electron chi connectivity index (χ4n) is 3.81. The third kappa shape index (κ3) is 6.37. The molecule has 0 aliphatic heterocycles. The summed E-state index contributed by atoms with van der Waals surface area (Å²) in [5.74, 6) is 1.26. The molecule has 0 spiro atoms. The van der Waals surface area contributed by atoms with Crippen LogP contribution in [0.3, 0.4) is 0 Å². The smallest absolute Gasteiger partial charge is 0.348 e. The predicted octanol–water partition coefficient (Wildman–Crippen LogP) is 3.15. The number of anilines is 1. The van der Waals surface area contributed by atoms with Gasteiger partial charge in [0.25, 0.3) is 11.5 Å². The van der Waals surface area contributed by atoms with Crippen molar-refractivity contribution in [2.45, 2.75) is 40.0 Å². The Hall–Kier alpha value is -3.44. The third-order valence-corrected chi connectivity index (χ3v) is 7.04. The van der Waals surface area contributed by atoms with Crippen LogP contribution in [0.2, 0.25) is 0 Å². The van der Waals surface area contributed by atoms with Crippen LogP contribution in [0.25, 0.3) is 10.9 Å². The number of amides is 1. The van der Waals surface area contributed by atoms with Gasteiger partial charge in [0.15, 0.2) is 0 Å². The van der Waals surface area contributed by atoms with Crippen LogP contribution >= 0.6 is 7.60 Å². The highest BCUT2D eigenvalue weighted by molar-refractivity contribution is 7.52. The van der Waals surface area contributed by atoms with E-state index in [1.165, 1.54) is 0 Å². The van der Waals surface area contributed by atoms with E-state index in [4.69, 9.17) is 6.42 Å². The van der Waals surface area contributed by atoms with Gasteiger partial charge >= 0.3 is 7.60 Å². The number of terminal acetylenes is 1. The summed E-state index contributed by atoms with van der Waals surface area (Å²) in [5.41, 5.74) is 1.43. The number of nitrogens with one attached hydrogen (secondary N) is 2. The molecule has 1 aromatic heterocycles. The average Bonchev–Trinajstić information content (AvgIpc) is 2.76. The highest BCUT2D eigenvalue weighted by Gasteiger charge is 2.40. The first-order valence-electron chi connectivity index (χ1n) is 10.9. The first-order chi connectivity index (χ1) is 16.3. The number of carbonyl (C=O) groups is 1. The van der Waals surface area contributed by atoms with Gasteiger partial charge in [-0.3, -0.25) is 14.2 Å². The van der Waals surface area contributed by atoms with Gasteiger partial charge in [-0.25, -0.2) is 4.98 Å². The number of hydrogen-bond donors (Lipinski definition) is 4. The Morgan fingerprint density at radius 1 is 1.23 bits per heavy atom. The normalized spacial score (nSPS) is 12.7. The first-order valence-corrected chi connectivity index (χ1v) is 12.6. The molecular formula is C25H29N4O5P. The zero-order valence-electron chi connectivity index (χ0n) is 20.1. The quantitative estimate of drug-likeness (QED) is 0.291. The lowest BCUT2D eigenvalue weighted by Crippen LogP contribution is -2.43. The van der Waals surface area contributed by atoms with Crippen molar-refractivity contribution in [3.63, 3.8) is 0 Å². The van der Waals surface area contributed by atoms with Gasteiger partial charge in [0.2, 0.25) is 0 Å². The van der Waals surface area contributed by atoms with E-state index in [2.05, 4.69) is 21.2 Å². The lowest BCUT2D eigenvalue weighted by molar-refractivity contribution is 0.0918. The SMILES string of the molecule is C#CCN(Cc1ccc2nc(C)[nH]c(=O)c2c1)c1ccc(C(=O)NC(C(C)(C)C)P(=O)(O)O)cc1. The summed E-state index contributed by atoms with van der Waals surface area (Å²) < 4.78 is 11.9. The van der Waals surface area contributed by atoms with Crippen LogP contribution in [0, 0.1) is 24.7 Å². The van der Waals surface area contributed by atoms with Crippen molar-refractivity contribution in [1.29, 1.82) is 0 Å². The summed E-state index contributed by atoms with van der Waals surface area (Å²) in [7, 11) is -4.56. The minimum atomic E-state index is -4.56. The lowest BCUT2D eigenvalue weighted by Gasteiger charge is -2.31. The molecule has 0 bridgehead atoms. The van der Waals surface area contributed by atoms with Crippen molar-refractivity contribution in [2.24, 2.45) is 5.41 Å². The molecule has 35 heavy (non-hydrogen) atoms. The molecular weight excluding hydrogens is 467 g/mol. The van der Waals surface area contributed by atoms with Gasteiger partial charge in [-0.05, 0) is 54.3 Å². The van der Waals surface area contributed by atoms with Crippen molar-refractivity contribution in [3.8, 4) is 12.3 Å². The van der Waals surface area contributed by atoms with E-state index in [1.54, 1.807) is 64.1 Å². The summed E-state index contributed by atoms with van der Waals surface area (Å²) in [6.07, 6.45) is 5.57. The zero-order chi connectivity index (χ0) is 26.0. The number of aryl methyl sites for hydroxylation is 1. The Bertz CT molecular complexity index is 1380. The summed E-state index contributed by atoms with van der Waals surface area (Å²) in [6, 6.07) is 12.0. The fraction of sp³-hybridized carbons (Fsp3) is 0.320. The van der Waals surface area contributed by atoms with Crippen molar-refractivity contribution in [1.82, 2.24) is 15.3 Å². The van der Waals surface area contributed by atoms with Crippen LogP contribution in [0.5, 0.6) is 0 Å². The number of H-pyrrole nitrogens is 1. The van der Waals surface area contributed by atoms with E-state index in [0.29, 0.717) is 23.3 Å². The molecule has 0 saturated carbocycles. The fourth-order valence-corrected chi connectivity index (χ4v) is 5.10. The second-order valence-corrected chi connectivity index (χ2v) is 11.1. The minimum absolute atomic E-state index is 0.211. The number of hydrogen-bond acceptors (Lipinski definition) is 5. The molecule has 1 heterocycles. The number of fused-ring (bicyclic) bond motifs is 1. The highest BCUT2D eigenvalue weighted by atomic mass is 31.2. The topological polar surface area (TPSA) is 136 Å². The average molecular weight is 497 g/mol. The Morgan fingerprint density at radius 3 is 2.46 bits per heavy atom. The van der Waals surface area contributed by atoms with Crippen molar-refractivity contribution >= 4 is 30.1 Å². The number of nitrogens with zero attached hydrogens (tertiary/aromatic N) is 2. The van der Waals surface area contributed by atoms with Gasteiger partial charge < -0.3 is 25.0 Å². The van der Waals surface area contributed by atoms with E-state index in [1.807, 2.05) is 11.0 Å². The highest BCUT2D eigenvalue weighted by Crippen LogP contribution is 2.48. The molecule has 3 aromatic rings. The Kier molecular flexibility index (Phi) is 7.51. The Labute approximate surface area is 203 Å². The van der Waals surface area contributed by atoms with Gasteiger partial charge in [-0.2, -0.15) is 0 Å². The minimum Gasteiger partial charge on any atom is -0.356 e. The molecule has 1 unspecified atom stereocenters. The number of aromatic nitrogens is 2. The van der Waals surface area contributed by atoms with Crippen LogP contribution in [0.1, 0.15) is 42.5 Å². The summed E-state index contributed by atoms with van der Waals surface area (Å²) in [6.45, 7) is 7.38. The van der Waals surface area contributed by atoms with E-state index < -0.39 is 24.7 Å². The van der Waals surface area contributed by atoms with Crippen LogP contribution in [0.15, 0.2) is 47.3 Å². The third-order valence-electron chi connectivity index (χ3n) is 5.46. The van der Waals surface area contributed by atoms with E-state index in [9.17, 15) is 23.9 Å². The Morgan fingerprint density at radius 2 is 1.89 bits per heavy atom. The molecule has 4 N–H and O–H groups in total. The molecule has 10 heteroatoms. The maximum Gasteiger partial charge on any atom is 0.348 e. The molecule has 9 nitrogen and oxygen atoms in total. The molecule has 0 radical (unpaired) electrons. The molecule has 1 atom stereocenters. The van der Waals surface area contributed by atoms with Crippen molar-refractivity contribution in [2.75, 3.05) is 11.4 Å². The number of benzene rings is 2. The standard InChI is InChI=1S/C25H29N4O5P/c1-6-13-29(15-17-7-12-21-20(14-17)23(31)27-16(2)26-21)19-10-8-18(9-11-19)22(30)28-24(25(3,4)5)35(32,33)34/h1,7-12,14,24H,13,15H2,2-5H3,(H,28,30)(H,26,27,31)(H2,32,33,34). The summed E-state index contributed by atoms with van der Waals surface area (Å²) >= 11 is 0. The molecule has 0 saturated heterocycles. The van der Waals surface area contributed by atoms with Crippen molar-refractivity contribution < 1.29 is 19.1 Å². The summed E-state index contributed by atoms with van der Waals surface area (Å²) in [4.78, 5) is 53.3. The molecule has 1 amide bonds. The first kappa shape index (κ1) is 26.2. The monoisotopic (exact) mass is 496 g/mol. The molecule has 184 valence electrons. The molecule has 0 fully saturated rings.